The molecule has 1 aliphatic carbocycles. The van der Waals surface area contributed by atoms with E-state index in [4.69, 9.17) is 0 Å². The number of thiophene rings is 1. The maximum atomic E-state index is 12.6. The van der Waals surface area contributed by atoms with Crippen LogP contribution in [0.15, 0.2) is 21.4 Å². The second-order valence-corrected chi connectivity index (χ2v) is 8.04. The van der Waals surface area contributed by atoms with Gasteiger partial charge in [-0.05, 0) is 30.7 Å². The molecule has 2 heterocycles. The van der Waals surface area contributed by atoms with Crippen LogP contribution in [0.25, 0.3) is 10.2 Å². The molecular weight excluding hydrogens is 342 g/mol. The second kappa shape index (κ2) is 8.16. The Morgan fingerprint density at radius 3 is 2.96 bits per heavy atom. The fourth-order valence-electron chi connectivity index (χ4n) is 3.10. The largest absolute Gasteiger partial charge is 0.353 e. The molecule has 1 amide bonds. The van der Waals surface area contributed by atoms with Gasteiger partial charge < -0.3 is 5.32 Å². The number of hydrogen-bond acceptors (Lipinski definition) is 5. The van der Waals surface area contributed by atoms with Crippen LogP contribution in [0.2, 0.25) is 0 Å². The van der Waals surface area contributed by atoms with E-state index >= 15 is 0 Å². The number of nitrogens with one attached hydrogen (secondary N) is 1. The third-order valence-corrected chi connectivity index (χ3v) is 6.15. The molecule has 0 bridgehead atoms. The number of nitrogens with zero attached hydrogens (tertiary/aromatic N) is 2. The lowest BCUT2D eigenvalue weighted by Crippen LogP contribution is -2.37. The third kappa shape index (κ3) is 4.00. The minimum atomic E-state index is 0.00652. The van der Waals surface area contributed by atoms with Gasteiger partial charge in [0.15, 0.2) is 5.16 Å². The summed E-state index contributed by atoms with van der Waals surface area (Å²) >= 11 is 2.79. The second-order valence-electron chi connectivity index (χ2n) is 6.18. The lowest BCUT2D eigenvalue weighted by Gasteiger charge is -2.22. The molecule has 0 saturated heterocycles. The van der Waals surface area contributed by atoms with Crippen molar-refractivity contribution in [1.82, 2.24) is 14.9 Å². The maximum absolute atomic E-state index is 12.6. The zero-order valence-electron chi connectivity index (χ0n) is 13.9. The number of rotatable bonds is 6. The van der Waals surface area contributed by atoms with Gasteiger partial charge in [-0.3, -0.25) is 14.2 Å². The zero-order chi connectivity index (χ0) is 16.9. The number of carbonyl (C=O) groups excluding carboxylic acids is 1. The Labute approximate surface area is 149 Å². The number of thioether (sulfide) groups is 1. The molecule has 0 aliphatic heterocycles. The fourth-order valence-corrected chi connectivity index (χ4v) is 4.72. The molecule has 0 spiro atoms. The van der Waals surface area contributed by atoms with Crippen molar-refractivity contribution in [2.75, 3.05) is 5.75 Å². The van der Waals surface area contributed by atoms with E-state index in [0.29, 0.717) is 28.2 Å². The standard InChI is InChI=1S/C17H23N3O2S2/c1-2-9-20-16(22)15-13(8-10-23-15)19-17(20)24-11-14(21)18-12-6-4-3-5-7-12/h8,10,12H,2-7,9,11H2,1H3,(H,18,21). The van der Waals surface area contributed by atoms with Gasteiger partial charge >= 0.3 is 0 Å². The van der Waals surface area contributed by atoms with Crippen LogP contribution in [0.1, 0.15) is 45.4 Å². The van der Waals surface area contributed by atoms with Gasteiger partial charge in [-0.25, -0.2) is 4.98 Å². The number of fused-ring (bicyclic) bond motifs is 1. The van der Waals surface area contributed by atoms with E-state index < -0.39 is 0 Å². The van der Waals surface area contributed by atoms with E-state index in [1.165, 1.54) is 42.4 Å². The molecule has 1 aliphatic rings. The number of aromatic nitrogens is 2. The Morgan fingerprint density at radius 1 is 1.42 bits per heavy atom. The Morgan fingerprint density at radius 2 is 2.21 bits per heavy atom. The molecule has 1 N–H and O–H groups in total. The molecule has 7 heteroatoms. The van der Waals surface area contributed by atoms with E-state index in [-0.39, 0.29) is 11.5 Å². The molecular formula is C17H23N3O2S2. The molecule has 0 atom stereocenters. The summed E-state index contributed by atoms with van der Waals surface area (Å²) in [5, 5.41) is 5.65. The van der Waals surface area contributed by atoms with E-state index in [9.17, 15) is 9.59 Å². The highest BCUT2D eigenvalue weighted by molar-refractivity contribution is 7.99. The molecule has 2 aromatic heterocycles. The molecule has 5 nitrogen and oxygen atoms in total. The van der Waals surface area contributed by atoms with Gasteiger partial charge in [0.1, 0.15) is 4.70 Å². The average Bonchev–Trinajstić information content (AvgIpc) is 3.05. The number of carbonyl (C=O) groups is 1. The van der Waals surface area contributed by atoms with Crippen LogP contribution in [0.4, 0.5) is 0 Å². The zero-order valence-corrected chi connectivity index (χ0v) is 15.5. The highest BCUT2D eigenvalue weighted by atomic mass is 32.2. The van der Waals surface area contributed by atoms with Crippen molar-refractivity contribution < 1.29 is 4.79 Å². The van der Waals surface area contributed by atoms with Crippen LogP contribution in [0.5, 0.6) is 0 Å². The minimum absolute atomic E-state index is 0.00652. The van der Waals surface area contributed by atoms with Crippen LogP contribution >= 0.6 is 23.1 Å². The Kier molecular flexibility index (Phi) is 5.94. The quantitative estimate of drug-likeness (QED) is 0.629. The first-order valence-electron chi connectivity index (χ1n) is 8.59. The van der Waals surface area contributed by atoms with Gasteiger partial charge in [0.2, 0.25) is 5.91 Å². The smallest absolute Gasteiger partial charge is 0.272 e. The molecule has 3 rings (SSSR count). The van der Waals surface area contributed by atoms with Crippen LogP contribution in [-0.2, 0) is 11.3 Å². The Bertz CT molecular complexity index is 763. The van der Waals surface area contributed by atoms with E-state index in [1.54, 1.807) is 4.57 Å². The van der Waals surface area contributed by atoms with Crippen molar-refractivity contribution >= 4 is 39.2 Å². The van der Waals surface area contributed by atoms with Crippen molar-refractivity contribution in [1.29, 1.82) is 0 Å². The van der Waals surface area contributed by atoms with E-state index in [2.05, 4.69) is 10.3 Å². The van der Waals surface area contributed by atoms with Crippen LogP contribution in [-0.4, -0.2) is 27.3 Å². The minimum Gasteiger partial charge on any atom is -0.353 e. The fraction of sp³-hybridized carbons (Fsp3) is 0.588. The number of hydrogen-bond donors (Lipinski definition) is 1. The SMILES string of the molecule is CCCn1c(SCC(=O)NC2CCCCC2)nc2ccsc2c1=O. The Hall–Kier alpha value is -1.34. The van der Waals surface area contributed by atoms with Gasteiger partial charge in [0.25, 0.3) is 5.56 Å². The lowest BCUT2D eigenvalue weighted by atomic mass is 9.95. The summed E-state index contributed by atoms with van der Waals surface area (Å²) in [4.78, 5) is 29.4. The lowest BCUT2D eigenvalue weighted by molar-refractivity contribution is -0.119. The van der Waals surface area contributed by atoms with Crippen molar-refractivity contribution in [2.24, 2.45) is 0 Å². The average molecular weight is 366 g/mol. The van der Waals surface area contributed by atoms with Crippen molar-refractivity contribution in [3.05, 3.63) is 21.8 Å². The summed E-state index contributed by atoms with van der Waals surface area (Å²) in [7, 11) is 0. The molecule has 1 fully saturated rings. The molecule has 130 valence electrons. The predicted molar refractivity (Wildman–Crippen MR) is 99.9 cm³/mol. The predicted octanol–water partition coefficient (Wildman–Crippen LogP) is 3.41. The Balaban J connectivity index is 1.70. The summed E-state index contributed by atoms with van der Waals surface area (Å²) in [6, 6.07) is 2.18. The summed E-state index contributed by atoms with van der Waals surface area (Å²) in [6.07, 6.45) is 6.69. The first kappa shape index (κ1) is 17.5. The highest BCUT2D eigenvalue weighted by Gasteiger charge is 2.17. The molecule has 2 aromatic rings. The molecule has 0 unspecified atom stereocenters. The van der Waals surface area contributed by atoms with Crippen molar-refractivity contribution in [2.45, 2.75) is 63.2 Å². The third-order valence-electron chi connectivity index (χ3n) is 4.28. The summed E-state index contributed by atoms with van der Waals surface area (Å²) in [5.74, 6) is 0.345. The van der Waals surface area contributed by atoms with Gasteiger partial charge in [-0.2, -0.15) is 0 Å². The normalized spacial score (nSPS) is 15.7. The van der Waals surface area contributed by atoms with E-state index in [1.807, 2.05) is 18.4 Å². The number of amides is 1. The molecule has 0 radical (unpaired) electrons. The highest BCUT2D eigenvalue weighted by Crippen LogP contribution is 2.22. The van der Waals surface area contributed by atoms with Crippen LogP contribution in [0, 0.1) is 0 Å². The molecule has 0 aromatic carbocycles. The van der Waals surface area contributed by atoms with Crippen LogP contribution in [0.3, 0.4) is 0 Å². The van der Waals surface area contributed by atoms with Gasteiger partial charge in [0.05, 0.1) is 11.3 Å². The molecule has 1 saturated carbocycles. The van der Waals surface area contributed by atoms with Crippen LogP contribution < -0.4 is 10.9 Å². The molecule has 24 heavy (non-hydrogen) atoms. The summed E-state index contributed by atoms with van der Waals surface area (Å²) in [6.45, 7) is 2.67. The van der Waals surface area contributed by atoms with Crippen molar-refractivity contribution in [3.8, 4) is 0 Å². The summed E-state index contributed by atoms with van der Waals surface area (Å²) < 4.78 is 2.40. The van der Waals surface area contributed by atoms with Crippen molar-refractivity contribution in [3.63, 3.8) is 0 Å². The first-order chi connectivity index (χ1) is 11.7. The maximum Gasteiger partial charge on any atom is 0.272 e. The van der Waals surface area contributed by atoms with Gasteiger partial charge in [0, 0.05) is 12.6 Å². The monoisotopic (exact) mass is 365 g/mol. The first-order valence-corrected chi connectivity index (χ1v) is 10.5. The topological polar surface area (TPSA) is 64.0 Å². The summed E-state index contributed by atoms with van der Waals surface area (Å²) in [5.41, 5.74) is 0.736. The van der Waals surface area contributed by atoms with Gasteiger partial charge in [-0.1, -0.05) is 37.9 Å². The van der Waals surface area contributed by atoms with Gasteiger partial charge in [-0.15, -0.1) is 11.3 Å². The van der Waals surface area contributed by atoms with E-state index in [0.717, 1.165) is 24.8 Å².